The fourth-order valence-corrected chi connectivity index (χ4v) is 16.0. The van der Waals surface area contributed by atoms with E-state index in [2.05, 4.69) is 41.7 Å². The summed E-state index contributed by atoms with van der Waals surface area (Å²) in [4.78, 5) is 45.8. The van der Waals surface area contributed by atoms with Crippen molar-refractivity contribution in [3.05, 3.63) is 47.8 Å². The summed E-state index contributed by atoms with van der Waals surface area (Å²) in [7, 11) is 0. The number of carbonyl (C=O) groups is 2. The Morgan fingerprint density at radius 3 is 1.37 bits per heavy atom. The van der Waals surface area contributed by atoms with E-state index in [1.54, 1.807) is 24.5 Å². The maximum Gasteiger partial charge on any atom is 0.231 e. The Bertz CT molecular complexity index is 1970. The van der Waals surface area contributed by atoms with Gasteiger partial charge in [0.2, 0.25) is 11.8 Å². The Balaban J connectivity index is 0.000000136. The molecule has 2 aromatic rings. The summed E-state index contributed by atoms with van der Waals surface area (Å²) in [6.45, 7) is 4.74. The number of aliphatic hydroxyl groups is 2. The third-order valence-corrected chi connectivity index (χ3v) is 18.1. The molecule has 2 aromatic heterocycles. The van der Waals surface area contributed by atoms with Crippen LogP contribution >= 0.6 is 0 Å². The molecule has 0 radical (unpaired) electrons. The molecule has 6 atom stereocenters. The Morgan fingerprint density at radius 2 is 0.983 bits per heavy atom. The van der Waals surface area contributed by atoms with Gasteiger partial charge in [-0.3, -0.25) is 9.59 Å². The van der Waals surface area contributed by atoms with E-state index in [-0.39, 0.29) is 34.1 Å². The fraction of sp³-hybridized carbons (Fsp3) is 0.708. The quantitative estimate of drug-likeness (QED) is 0.408. The number of hydrogen-bond donors (Lipinski definition) is 2. The summed E-state index contributed by atoms with van der Waals surface area (Å²) in [6, 6.07) is 11.7. The molecule has 2 spiro atoms. The van der Waals surface area contributed by atoms with Crippen molar-refractivity contribution >= 4 is 23.5 Å². The van der Waals surface area contributed by atoms with Crippen LogP contribution in [0.4, 0.5) is 11.6 Å². The van der Waals surface area contributed by atoms with Crippen LogP contribution in [0.15, 0.2) is 36.7 Å². The number of hydrogen-bond acceptors (Lipinski definition) is 10. The lowest BCUT2D eigenvalue weighted by Gasteiger charge is -2.61. The van der Waals surface area contributed by atoms with Gasteiger partial charge in [-0.1, -0.05) is 0 Å². The van der Waals surface area contributed by atoms with Gasteiger partial charge in [-0.05, 0) is 163 Å². The smallest absolute Gasteiger partial charge is 0.231 e. The number of amides is 2. The van der Waals surface area contributed by atoms with E-state index >= 15 is 0 Å². The second kappa shape index (κ2) is 14.1. The van der Waals surface area contributed by atoms with Crippen molar-refractivity contribution in [2.24, 2.45) is 46.3 Å². The van der Waals surface area contributed by atoms with E-state index in [0.29, 0.717) is 71.5 Å². The highest BCUT2D eigenvalue weighted by atomic mass is 16.3. The maximum absolute atomic E-state index is 14.0. The van der Waals surface area contributed by atoms with Crippen LogP contribution in [0, 0.1) is 69.0 Å². The topological polar surface area (TPSA) is 161 Å². The first-order chi connectivity index (χ1) is 29.1. The number of carbonyl (C=O) groups excluding carboxylic acids is 2. The summed E-state index contributed by atoms with van der Waals surface area (Å²) in [6.07, 6.45) is 19.6. The molecule has 2 amide bonds. The van der Waals surface area contributed by atoms with E-state index in [0.717, 1.165) is 141 Å². The monoisotopic (exact) mass is 812 g/mol. The van der Waals surface area contributed by atoms with E-state index in [4.69, 9.17) is 0 Å². The summed E-state index contributed by atoms with van der Waals surface area (Å²) in [5, 5.41) is 40.3. The van der Waals surface area contributed by atoms with Crippen LogP contribution in [0.1, 0.15) is 114 Å². The van der Waals surface area contributed by atoms with Gasteiger partial charge in [0.1, 0.15) is 23.8 Å². The van der Waals surface area contributed by atoms with E-state index in [1.165, 1.54) is 0 Å². The van der Waals surface area contributed by atoms with Crippen LogP contribution in [0.3, 0.4) is 0 Å². The average molecular weight is 813 g/mol. The molecule has 316 valence electrons. The van der Waals surface area contributed by atoms with Crippen molar-refractivity contribution in [3.63, 3.8) is 0 Å². The minimum Gasteiger partial charge on any atom is -0.393 e. The molecule has 4 unspecified atom stereocenters. The highest BCUT2D eigenvalue weighted by Crippen LogP contribution is 2.61. The van der Waals surface area contributed by atoms with Gasteiger partial charge in [-0.15, -0.1) is 0 Å². The molecule has 2 N–H and O–H groups in total. The number of likely N-dealkylation sites (tertiary alicyclic amines) is 2. The molecule has 8 aliphatic carbocycles. The minimum atomic E-state index is -0.343. The van der Waals surface area contributed by atoms with Crippen LogP contribution in [-0.2, 0) is 9.59 Å². The lowest BCUT2D eigenvalue weighted by atomic mass is 9.51. The second-order valence-corrected chi connectivity index (χ2v) is 21.4. The fourth-order valence-electron chi connectivity index (χ4n) is 16.0. The first-order valence-corrected chi connectivity index (χ1v) is 23.3. The molecule has 4 aliphatic heterocycles. The lowest BCUT2D eigenvalue weighted by molar-refractivity contribution is -0.168. The molecule has 12 aliphatic rings. The molecular formula is C48H60N8O4. The molecular weight excluding hydrogens is 753 g/mol. The van der Waals surface area contributed by atoms with Gasteiger partial charge in [0, 0.05) is 62.7 Å². The number of piperidine rings is 2. The predicted molar refractivity (Wildman–Crippen MR) is 223 cm³/mol. The van der Waals surface area contributed by atoms with Crippen molar-refractivity contribution in [2.45, 2.75) is 126 Å². The lowest BCUT2D eigenvalue weighted by Crippen LogP contribution is -2.65. The third kappa shape index (κ3) is 5.86. The highest BCUT2D eigenvalue weighted by molar-refractivity contribution is 5.87. The SMILES string of the molecule is N#Cc1cccnc1N1CCC[C@@]2(CCN(C34CC5CC(C3)C(O)C(C5)C4)C2=O)C1.N#Cc1cccnc1N1CCC[C@@]2(CCN(C34CC5CC(C3)C(O)C(C5)C4)C2=O)C1. The number of aliphatic hydroxyl groups excluding tert-OH is 2. The first-order valence-electron chi connectivity index (χ1n) is 23.3. The number of aromatic nitrogens is 2. The van der Waals surface area contributed by atoms with E-state index < -0.39 is 0 Å². The van der Waals surface area contributed by atoms with Crippen LogP contribution in [0.5, 0.6) is 0 Å². The third-order valence-electron chi connectivity index (χ3n) is 18.1. The molecule has 8 bridgehead atoms. The minimum absolute atomic E-state index is 0.0125. The van der Waals surface area contributed by atoms with Gasteiger partial charge in [0.05, 0.1) is 34.2 Å². The Kier molecular flexibility index (Phi) is 9.11. The molecule has 12 heteroatoms. The largest absolute Gasteiger partial charge is 0.393 e. The second-order valence-electron chi connectivity index (χ2n) is 21.4. The molecule has 4 saturated heterocycles. The molecule has 12 fully saturated rings. The zero-order chi connectivity index (χ0) is 41.0. The predicted octanol–water partition coefficient (Wildman–Crippen LogP) is 5.42. The Morgan fingerprint density at radius 1 is 0.583 bits per heavy atom. The standard InChI is InChI=1S/2C24H30N4O2/c2*25-14-17-3-1-6-26-21(17)27-7-2-4-23(15-27)5-8-28(22(23)30)24-11-16-9-18(12-24)20(29)19(10-16)13-24/h2*1,3,6,16,18-20,29H,2,4-5,7-13,15H2/t2*16?,18?,19?,20?,23-,24?/m11/s1. The number of anilines is 2. The van der Waals surface area contributed by atoms with Crippen LogP contribution in [0.2, 0.25) is 0 Å². The van der Waals surface area contributed by atoms with Crippen molar-refractivity contribution in [1.82, 2.24) is 19.8 Å². The summed E-state index contributed by atoms with van der Waals surface area (Å²) in [5.41, 5.74) is 0.469. The summed E-state index contributed by atoms with van der Waals surface area (Å²) < 4.78 is 0. The first kappa shape index (κ1) is 38.6. The van der Waals surface area contributed by atoms with Gasteiger partial charge >= 0.3 is 0 Å². The van der Waals surface area contributed by atoms with Gasteiger partial charge in [0.25, 0.3) is 0 Å². The molecule has 60 heavy (non-hydrogen) atoms. The zero-order valence-electron chi connectivity index (χ0n) is 34.9. The van der Waals surface area contributed by atoms with Gasteiger partial charge in [0.15, 0.2) is 0 Å². The Labute approximate surface area is 353 Å². The number of rotatable bonds is 4. The molecule has 8 saturated carbocycles. The highest BCUT2D eigenvalue weighted by Gasteiger charge is 2.64. The van der Waals surface area contributed by atoms with Gasteiger partial charge < -0.3 is 29.8 Å². The van der Waals surface area contributed by atoms with Crippen molar-refractivity contribution in [1.29, 1.82) is 10.5 Å². The summed E-state index contributed by atoms with van der Waals surface area (Å²) >= 11 is 0. The number of nitrogens with zero attached hydrogens (tertiary/aromatic N) is 8. The molecule has 12 nitrogen and oxygen atoms in total. The van der Waals surface area contributed by atoms with Gasteiger partial charge in [-0.2, -0.15) is 10.5 Å². The van der Waals surface area contributed by atoms with Crippen molar-refractivity contribution in [3.8, 4) is 12.1 Å². The average Bonchev–Trinajstić information content (AvgIpc) is 3.75. The Hall–Kier alpha value is -4.26. The maximum atomic E-state index is 14.0. The van der Waals surface area contributed by atoms with E-state index in [1.807, 2.05) is 12.1 Å². The summed E-state index contributed by atoms with van der Waals surface area (Å²) in [5.74, 6) is 5.02. The normalized spacial score (nSPS) is 42.2. The van der Waals surface area contributed by atoms with Crippen molar-refractivity contribution in [2.75, 3.05) is 49.1 Å². The number of pyridine rings is 2. The number of nitriles is 2. The molecule has 0 aromatic carbocycles. The van der Waals surface area contributed by atoms with Crippen molar-refractivity contribution < 1.29 is 19.8 Å². The zero-order valence-corrected chi connectivity index (χ0v) is 34.9. The van der Waals surface area contributed by atoms with E-state index in [9.17, 15) is 30.3 Å². The van der Waals surface area contributed by atoms with Crippen LogP contribution < -0.4 is 9.80 Å². The molecule has 14 rings (SSSR count). The molecule has 6 heterocycles. The van der Waals surface area contributed by atoms with Gasteiger partial charge in [-0.25, -0.2) is 9.97 Å². The van der Waals surface area contributed by atoms with Crippen LogP contribution in [0.25, 0.3) is 0 Å². The van der Waals surface area contributed by atoms with Crippen LogP contribution in [-0.4, -0.2) is 104 Å².